The Morgan fingerprint density at radius 3 is 2.26 bits per heavy atom. The van der Waals surface area contributed by atoms with Crippen LogP contribution in [0.25, 0.3) is 11.1 Å². The number of ether oxygens (including phenoxy) is 1. The number of alkyl carbamates (subject to hydrolysis) is 1. The fourth-order valence-electron chi connectivity index (χ4n) is 3.33. The lowest BCUT2D eigenvalue weighted by atomic mass is 9.98. The number of benzene rings is 2. The molecule has 27 heavy (non-hydrogen) atoms. The van der Waals surface area contributed by atoms with E-state index < -0.39 is 6.09 Å². The smallest absolute Gasteiger partial charge is 0.407 e. The lowest BCUT2D eigenvalue weighted by Gasteiger charge is -2.15. The summed E-state index contributed by atoms with van der Waals surface area (Å²) in [5.74, 6) is -0.0354. The number of nitrogens with one attached hydrogen (secondary N) is 2. The van der Waals surface area contributed by atoms with Gasteiger partial charge in [-0.25, -0.2) is 4.79 Å². The second-order valence-corrected chi connectivity index (χ2v) is 7.66. The SMILES string of the molecule is CPCN[C@@H](C)C(=O)CNC(=O)OCC1c2ccccc2-c2ccccc21. The largest absolute Gasteiger partial charge is 0.449 e. The Morgan fingerprint density at radius 2 is 1.67 bits per heavy atom. The predicted octanol–water partition coefficient (Wildman–Crippen LogP) is 3.34. The molecule has 0 aromatic heterocycles. The molecule has 1 aliphatic carbocycles. The van der Waals surface area contributed by atoms with Gasteiger partial charge < -0.3 is 15.4 Å². The fourth-order valence-corrected chi connectivity index (χ4v) is 3.84. The van der Waals surface area contributed by atoms with Crippen molar-refractivity contribution in [3.63, 3.8) is 0 Å². The van der Waals surface area contributed by atoms with Gasteiger partial charge in [-0.2, -0.15) is 0 Å². The first-order valence-corrected chi connectivity index (χ1v) is 10.8. The summed E-state index contributed by atoms with van der Waals surface area (Å²) < 4.78 is 5.43. The van der Waals surface area contributed by atoms with E-state index in [9.17, 15) is 9.59 Å². The summed E-state index contributed by atoms with van der Waals surface area (Å²) in [6, 6.07) is 16.1. The molecule has 2 aromatic rings. The molecule has 142 valence electrons. The van der Waals surface area contributed by atoms with Gasteiger partial charge in [0.25, 0.3) is 0 Å². The number of hydrogen-bond donors (Lipinski definition) is 2. The third-order valence-electron chi connectivity index (χ3n) is 4.82. The van der Waals surface area contributed by atoms with Crippen molar-refractivity contribution in [3.8, 4) is 11.1 Å². The highest BCUT2D eigenvalue weighted by atomic mass is 31.1. The van der Waals surface area contributed by atoms with Crippen molar-refractivity contribution in [2.75, 3.05) is 26.1 Å². The second kappa shape index (κ2) is 9.12. The van der Waals surface area contributed by atoms with Crippen LogP contribution in [0.2, 0.25) is 0 Å². The van der Waals surface area contributed by atoms with E-state index in [1.165, 1.54) is 22.3 Å². The maximum atomic E-state index is 12.1. The molecular formula is C21H25N2O3P. The highest BCUT2D eigenvalue weighted by Crippen LogP contribution is 2.44. The van der Waals surface area contributed by atoms with E-state index >= 15 is 0 Å². The molecule has 0 fully saturated rings. The Kier molecular flexibility index (Phi) is 6.59. The molecule has 0 saturated carbocycles. The monoisotopic (exact) mass is 384 g/mol. The van der Waals surface area contributed by atoms with Crippen LogP contribution >= 0.6 is 8.58 Å². The standard InChI is InChI=1S/C21H25N2O3P/c1-14(23-13-27-2)20(24)11-22-21(25)26-12-19-17-9-5-3-7-15(17)16-8-4-6-10-18(16)19/h3-10,14,19,23,27H,11-13H2,1-2H3,(H,22,25)/t14-/m0/s1. The molecule has 2 atom stereocenters. The lowest BCUT2D eigenvalue weighted by molar-refractivity contribution is -0.119. The lowest BCUT2D eigenvalue weighted by Crippen LogP contribution is -2.41. The first kappa shape index (κ1) is 19.5. The van der Waals surface area contributed by atoms with Crippen LogP contribution in [0.15, 0.2) is 48.5 Å². The van der Waals surface area contributed by atoms with Crippen LogP contribution < -0.4 is 10.6 Å². The molecule has 2 N–H and O–H groups in total. The highest BCUT2D eigenvalue weighted by molar-refractivity contribution is 7.36. The van der Waals surface area contributed by atoms with Gasteiger partial charge in [0.2, 0.25) is 0 Å². The molecule has 0 saturated heterocycles. The minimum Gasteiger partial charge on any atom is -0.449 e. The van der Waals surface area contributed by atoms with Gasteiger partial charge in [0.15, 0.2) is 5.78 Å². The third kappa shape index (κ3) is 4.55. The average Bonchev–Trinajstić information content (AvgIpc) is 3.02. The van der Waals surface area contributed by atoms with Gasteiger partial charge in [-0.05, 0) is 35.8 Å². The first-order valence-electron chi connectivity index (χ1n) is 9.11. The molecule has 0 radical (unpaired) electrons. The van der Waals surface area contributed by atoms with E-state index in [-0.39, 0.29) is 30.9 Å². The summed E-state index contributed by atoms with van der Waals surface area (Å²) in [5, 5.41) is 5.69. The fraction of sp³-hybridized carbons (Fsp3) is 0.333. The van der Waals surface area contributed by atoms with Crippen LogP contribution in [-0.2, 0) is 9.53 Å². The summed E-state index contributed by atoms with van der Waals surface area (Å²) >= 11 is 0. The number of fused-ring (bicyclic) bond motifs is 3. The topological polar surface area (TPSA) is 67.4 Å². The van der Waals surface area contributed by atoms with E-state index in [1.807, 2.05) is 31.2 Å². The summed E-state index contributed by atoms with van der Waals surface area (Å²) in [6.07, 6.45) is 0.243. The second-order valence-electron chi connectivity index (χ2n) is 6.60. The summed E-state index contributed by atoms with van der Waals surface area (Å²) in [6.45, 7) is 4.09. The van der Waals surface area contributed by atoms with Gasteiger partial charge in [0.1, 0.15) is 6.61 Å². The van der Waals surface area contributed by atoms with Crippen molar-refractivity contribution in [2.45, 2.75) is 18.9 Å². The maximum Gasteiger partial charge on any atom is 0.407 e. The normalized spacial score (nSPS) is 14.0. The van der Waals surface area contributed by atoms with Crippen LogP contribution in [0.5, 0.6) is 0 Å². The molecule has 1 unspecified atom stereocenters. The van der Waals surface area contributed by atoms with Crippen molar-refractivity contribution in [1.29, 1.82) is 0 Å². The van der Waals surface area contributed by atoms with Gasteiger partial charge in [-0.15, -0.1) is 8.58 Å². The van der Waals surface area contributed by atoms with Gasteiger partial charge >= 0.3 is 6.09 Å². The van der Waals surface area contributed by atoms with Crippen LogP contribution in [0.3, 0.4) is 0 Å². The molecule has 0 aliphatic heterocycles. The molecule has 2 aromatic carbocycles. The van der Waals surface area contributed by atoms with Crippen LogP contribution in [0, 0.1) is 0 Å². The molecule has 5 nitrogen and oxygen atoms in total. The van der Waals surface area contributed by atoms with Crippen LogP contribution in [0.1, 0.15) is 24.0 Å². The Morgan fingerprint density at radius 1 is 1.07 bits per heavy atom. The zero-order chi connectivity index (χ0) is 19.2. The van der Waals surface area contributed by atoms with E-state index in [2.05, 4.69) is 41.6 Å². The van der Waals surface area contributed by atoms with Gasteiger partial charge in [-0.3, -0.25) is 4.79 Å². The summed E-state index contributed by atoms with van der Waals surface area (Å²) in [4.78, 5) is 24.1. The minimum absolute atomic E-state index is 0.0185. The van der Waals surface area contributed by atoms with E-state index in [1.54, 1.807) is 0 Å². The zero-order valence-corrected chi connectivity index (χ0v) is 16.6. The van der Waals surface area contributed by atoms with Crippen molar-refractivity contribution in [2.24, 2.45) is 0 Å². The third-order valence-corrected chi connectivity index (χ3v) is 5.38. The van der Waals surface area contributed by atoms with E-state index in [4.69, 9.17) is 4.74 Å². The van der Waals surface area contributed by atoms with Crippen molar-refractivity contribution < 1.29 is 14.3 Å². The number of rotatable bonds is 8. The van der Waals surface area contributed by atoms with Crippen LogP contribution in [-0.4, -0.2) is 44.0 Å². The maximum absolute atomic E-state index is 12.1. The van der Waals surface area contributed by atoms with Crippen molar-refractivity contribution in [1.82, 2.24) is 10.6 Å². The number of ketones is 1. The Bertz CT molecular complexity index is 779. The number of Topliss-reactive ketones (excluding diaryl/α,β-unsaturated/α-hetero) is 1. The molecule has 0 heterocycles. The Labute approximate surface area is 161 Å². The van der Waals surface area contributed by atoms with E-state index in [0.717, 1.165) is 14.9 Å². The molecular weight excluding hydrogens is 359 g/mol. The van der Waals surface area contributed by atoms with Gasteiger partial charge in [0, 0.05) is 12.2 Å². The zero-order valence-electron chi connectivity index (χ0n) is 15.6. The van der Waals surface area contributed by atoms with Gasteiger partial charge in [0.05, 0.1) is 12.6 Å². The number of carbonyl (C=O) groups is 2. The predicted molar refractivity (Wildman–Crippen MR) is 110 cm³/mol. The molecule has 3 rings (SSSR count). The molecule has 6 heteroatoms. The number of hydrogen-bond acceptors (Lipinski definition) is 4. The van der Waals surface area contributed by atoms with E-state index in [0.29, 0.717) is 0 Å². The average molecular weight is 384 g/mol. The Balaban J connectivity index is 1.56. The van der Waals surface area contributed by atoms with Crippen LogP contribution in [0.4, 0.5) is 4.79 Å². The quantitative estimate of drug-likeness (QED) is 0.685. The first-order chi connectivity index (χ1) is 13.1. The Hall–Kier alpha value is -2.23. The molecule has 0 spiro atoms. The molecule has 0 bridgehead atoms. The number of amides is 1. The van der Waals surface area contributed by atoms with Crippen molar-refractivity contribution >= 4 is 20.5 Å². The highest BCUT2D eigenvalue weighted by Gasteiger charge is 2.29. The van der Waals surface area contributed by atoms with Crippen molar-refractivity contribution in [3.05, 3.63) is 59.7 Å². The summed E-state index contributed by atoms with van der Waals surface area (Å²) in [7, 11) is 0.739. The molecule has 1 aliphatic rings. The number of carbonyl (C=O) groups excluding carboxylic acids is 2. The van der Waals surface area contributed by atoms with Gasteiger partial charge in [-0.1, -0.05) is 48.5 Å². The summed E-state index contributed by atoms with van der Waals surface area (Å²) in [5.41, 5.74) is 4.71. The minimum atomic E-state index is -0.560. The molecule has 1 amide bonds.